The Kier molecular flexibility index (Phi) is 4.11. The van der Waals surface area contributed by atoms with Gasteiger partial charge in [0.15, 0.2) is 11.6 Å². The Morgan fingerprint density at radius 3 is 3.10 bits per heavy atom. The van der Waals surface area contributed by atoms with E-state index in [4.69, 9.17) is 10.5 Å². The maximum atomic E-state index is 6.11. The molecule has 0 aliphatic carbocycles. The van der Waals surface area contributed by atoms with E-state index in [1.807, 2.05) is 6.07 Å². The SMILES string of the molecule is Nc1c(NCCC2=CCOCC2)ncnc1-n1cccn1. The van der Waals surface area contributed by atoms with Crippen molar-refractivity contribution in [1.82, 2.24) is 19.7 Å². The number of nitrogens with zero attached hydrogens (tertiary/aromatic N) is 4. The lowest BCUT2D eigenvalue weighted by Crippen LogP contribution is -2.12. The monoisotopic (exact) mass is 286 g/mol. The van der Waals surface area contributed by atoms with E-state index < -0.39 is 0 Å². The molecule has 3 N–H and O–H groups in total. The van der Waals surface area contributed by atoms with Gasteiger partial charge in [-0.3, -0.25) is 0 Å². The maximum Gasteiger partial charge on any atom is 0.181 e. The van der Waals surface area contributed by atoms with E-state index in [-0.39, 0.29) is 0 Å². The normalized spacial score (nSPS) is 14.8. The summed E-state index contributed by atoms with van der Waals surface area (Å²) >= 11 is 0. The van der Waals surface area contributed by atoms with Crippen LogP contribution < -0.4 is 11.1 Å². The smallest absolute Gasteiger partial charge is 0.181 e. The van der Waals surface area contributed by atoms with Crippen molar-refractivity contribution in [3.63, 3.8) is 0 Å². The van der Waals surface area contributed by atoms with Crippen molar-refractivity contribution in [3.05, 3.63) is 36.4 Å². The van der Waals surface area contributed by atoms with Crippen LogP contribution >= 0.6 is 0 Å². The lowest BCUT2D eigenvalue weighted by molar-refractivity contribution is 0.153. The standard InChI is InChI=1S/C14H18N6O/c15-12-13(16-6-2-11-3-8-21-9-4-11)17-10-18-14(12)20-7-1-5-19-20/h1,3,5,7,10H,2,4,6,8-9,15H2,(H,16,17,18). The van der Waals surface area contributed by atoms with E-state index in [0.29, 0.717) is 23.9 Å². The maximum absolute atomic E-state index is 6.11. The Balaban J connectivity index is 1.66. The molecule has 7 nitrogen and oxygen atoms in total. The summed E-state index contributed by atoms with van der Waals surface area (Å²) in [6.07, 6.45) is 9.08. The molecule has 3 rings (SSSR count). The molecule has 1 aliphatic rings. The minimum atomic E-state index is 0.502. The van der Waals surface area contributed by atoms with Gasteiger partial charge in [-0.05, 0) is 18.9 Å². The number of nitrogens with one attached hydrogen (secondary N) is 1. The molecule has 0 bridgehead atoms. The van der Waals surface area contributed by atoms with Crippen molar-refractivity contribution in [2.24, 2.45) is 0 Å². The largest absolute Gasteiger partial charge is 0.393 e. The second-order valence-electron chi connectivity index (χ2n) is 4.77. The Hall–Kier alpha value is -2.41. The van der Waals surface area contributed by atoms with Crippen LogP contribution in [0.1, 0.15) is 12.8 Å². The molecule has 0 aromatic carbocycles. The summed E-state index contributed by atoms with van der Waals surface area (Å²) in [4.78, 5) is 8.37. The van der Waals surface area contributed by atoms with Crippen LogP contribution in [0, 0.1) is 0 Å². The fourth-order valence-electron chi connectivity index (χ4n) is 2.24. The number of nitrogen functional groups attached to an aromatic ring is 1. The van der Waals surface area contributed by atoms with E-state index in [0.717, 1.165) is 26.0 Å². The number of rotatable bonds is 5. The summed E-state index contributed by atoms with van der Waals surface area (Å²) in [5.74, 6) is 1.23. The molecule has 3 heterocycles. The first kappa shape index (κ1) is 13.6. The molecule has 110 valence electrons. The van der Waals surface area contributed by atoms with E-state index in [1.165, 1.54) is 11.9 Å². The van der Waals surface area contributed by atoms with Gasteiger partial charge >= 0.3 is 0 Å². The van der Waals surface area contributed by atoms with Gasteiger partial charge in [-0.1, -0.05) is 11.6 Å². The van der Waals surface area contributed by atoms with Gasteiger partial charge in [0.25, 0.3) is 0 Å². The number of hydrogen-bond acceptors (Lipinski definition) is 6. The second-order valence-corrected chi connectivity index (χ2v) is 4.77. The first-order valence-corrected chi connectivity index (χ1v) is 6.94. The zero-order chi connectivity index (χ0) is 14.5. The molecule has 0 saturated carbocycles. The van der Waals surface area contributed by atoms with E-state index in [9.17, 15) is 0 Å². The zero-order valence-corrected chi connectivity index (χ0v) is 11.7. The number of anilines is 2. The third kappa shape index (κ3) is 3.19. The molecule has 0 unspecified atom stereocenters. The van der Waals surface area contributed by atoms with Crippen molar-refractivity contribution in [3.8, 4) is 5.82 Å². The summed E-state index contributed by atoms with van der Waals surface area (Å²) in [6.45, 7) is 2.31. The number of nitrogens with two attached hydrogens (primary N) is 1. The summed E-state index contributed by atoms with van der Waals surface area (Å²) in [7, 11) is 0. The molecule has 0 amide bonds. The van der Waals surface area contributed by atoms with Crippen molar-refractivity contribution in [2.45, 2.75) is 12.8 Å². The number of ether oxygens (including phenoxy) is 1. The molecule has 0 radical (unpaired) electrons. The summed E-state index contributed by atoms with van der Waals surface area (Å²) in [5, 5.41) is 7.40. The van der Waals surface area contributed by atoms with Gasteiger partial charge in [-0.2, -0.15) is 5.10 Å². The van der Waals surface area contributed by atoms with Gasteiger partial charge in [-0.15, -0.1) is 0 Å². The van der Waals surface area contributed by atoms with Crippen LogP contribution in [-0.4, -0.2) is 39.5 Å². The highest BCUT2D eigenvalue weighted by Crippen LogP contribution is 2.21. The van der Waals surface area contributed by atoms with Crippen LogP contribution in [0.25, 0.3) is 5.82 Å². The Bertz CT molecular complexity index is 622. The van der Waals surface area contributed by atoms with Gasteiger partial charge in [0, 0.05) is 18.9 Å². The van der Waals surface area contributed by atoms with Gasteiger partial charge in [0.05, 0.1) is 13.2 Å². The van der Waals surface area contributed by atoms with E-state index in [2.05, 4.69) is 26.5 Å². The molecule has 0 saturated heterocycles. The highest BCUT2D eigenvalue weighted by Gasteiger charge is 2.10. The highest BCUT2D eigenvalue weighted by atomic mass is 16.5. The zero-order valence-electron chi connectivity index (χ0n) is 11.7. The molecular formula is C14H18N6O. The Labute approximate surface area is 122 Å². The lowest BCUT2D eigenvalue weighted by atomic mass is 10.1. The number of aromatic nitrogens is 4. The topological polar surface area (TPSA) is 90.9 Å². The highest BCUT2D eigenvalue weighted by molar-refractivity contribution is 5.68. The summed E-state index contributed by atoms with van der Waals surface area (Å²) in [5.41, 5.74) is 8.02. The van der Waals surface area contributed by atoms with Crippen molar-refractivity contribution in [1.29, 1.82) is 0 Å². The quantitative estimate of drug-likeness (QED) is 0.807. The van der Waals surface area contributed by atoms with Crippen molar-refractivity contribution < 1.29 is 4.74 Å². The lowest BCUT2D eigenvalue weighted by Gasteiger charge is -2.15. The molecule has 21 heavy (non-hydrogen) atoms. The molecule has 0 spiro atoms. The number of hydrogen-bond donors (Lipinski definition) is 2. The van der Waals surface area contributed by atoms with Crippen LogP contribution in [-0.2, 0) is 4.74 Å². The van der Waals surface area contributed by atoms with Crippen LogP contribution in [0.2, 0.25) is 0 Å². The summed E-state index contributed by atoms with van der Waals surface area (Å²) in [6, 6.07) is 1.83. The van der Waals surface area contributed by atoms with Crippen LogP contribution in [0.5, 0.6) is 0 Å². The molecule has 0 atom stereocenters. The Morgan fingerprint density at radius 2 is 2.33 bits per heavy atom. The first-order valence-electron chi connectivity index (χ1n) is 6.94. The predicted molar refractivity (Wildman–Crippen MR) is 80.2 cm³/mol. The minimum absolute atomic E-state index is 0.502. The van der Waals surface area contributed by atoms with Crippen LogP contribution in [0.4, 0.5) is 11.5 Å². The first-order chi connectivity index (χ1) is 10.3. The minimum Gasteiger partial charge on any atom is -0.393 e. The fourth-order valence-corrected chi connectivity index (χ4v) is 2.24. The van der Waals surface area contributed by atoms with Gasteiger partial charge < -0.3 is 15.8 Å². The second kappa shape index (κ2) is 6.36. The van der Waals surface area contributed by atoms with Crippen molar-refractivity contribution in [2.75, 3.05) is 30.8 Å². The average Bonchev–Trinajstić information content (AvgIpc) is 3.04. The predicted octanol–water partition coefficient (Wildman–Crippen LogP) is 1.39. The van der Waals surface area contributed by atoms with E-state index >= 15 is 0 Å². The van der Waals surface area contributed by atoms with E-state index in [1.54, 1.807) is 17.1 Å². The third-order valence-corrected chi connectivity index (χ3v) is 3.38. The van der Waals surface area contributed by atoms with Gasteiger partial charge in [-0.25, -0.2) is 14.6 Å². The van der Waals surface area contributed by atoms with Crippen LogP contribution in [0.15, 0.2) is 36.4 Å². The van der Waals surface area contributed by atoms with Crippen molar-refractivity contribution >= 4 is 11.5 Å². The third-order valence-electron chi connectivity index (χ3n) is 3.38. The molecular weight excluding hydrogens is 268 g/mol. The van der Waals surface area contributed by atoms with Gasteiger partial charge in [0.2, 0.25) is 0 Å². The van der Waals surface area contributed by atoms with Gasteiger partial charge in [0.1, 0.15) is 12.0 Å². The molecule has 2 aromatic heterocycles. The van der Waals surface area contributed by atoms with Crippen LogP contribution in [0.3, 0.4) is 0 Å². The molecule has 2 aromatic rings. The summed E-state index contributed by atoms with van der Waals surface area (Å²) < 4.78 is 6.92. The molecule has 1 aliphatic heterocycles. The molecule has 0 fully saturated rings. The Morgan fingerprint density at radius 1 is 1.38 bits per heavy atom. The average molecular weight is 286 g/mol. The fraction of sp³-hybridized carbons (Fsp3) is 0.357. The molecule has 7 heteroatoms.